The fraction of sp³-hybridized carbons (Fsp3) is 0.850. The van der Waals surface area contributed by atoms with Crippen LogP contribution < -0.4 is 0 Å². The second-order valence-electron chi connectivity index (χ2n) is 7.01. The summed E-state index contributed by atoms with van der Waals surface area (Å²) in [6, 6.07) is -0.931. The summed E-state index contributed by atoms with van der Waals surface area (Å²) in [6.07, 6.45) is 4.30. The van der Waals surface area contributed by atoms with Gasteiger partial charge in [0.15, 0.2) is 0 Å². The lowest BCUT2D eigenvalue weighted by Crippen LogP contribution is -2.56. The summed E-state index contributed by atoms with van der Waals surface area (Å²) in [7, 11) is 0. The maximum Gasteiger partial charge on any atom is 0.305 e. The number of rotatable bonds is 13. The molecule has 152 valence electrons. The number of carboxylic acid groups (broad SMARTS) is 1. The van der Waals surface area contributed by atoms with E-state index in [1.165, 1.54) is 4.90 Å². The highest BCUT2D eigenvalue weighted by Gasteiger charge is 2.36. The van der Waals surface area contributed by atoms with Crippen molar-refractivity contribution in [1.29, 1.82) is 0 Å². The molecule has 0 saturated heterocycles. The monoisotopic (exact) mass is 370 g/mol. The predicted molar refractivity (Wildman–Crippen MR) is 104 cm³/mol. The van der Waals surface area contributed by atoms with Gasteiger partial charge in [-0.25, -0.2) is 0 Å². The molecule has 0 fully saturated rings. The Morgan fingerprint density at radius 2 is 1.46 bits per heavy atom. The van der Waals surface area contributed by atoms with E-state index in [2.05, 4.69) is 6.92 Å². The van der Waals surface area contributed by atoms with Crippen molar-refractivity contribution in [3.63, 3.8) is 0 Å². The van der Waals surface area contributed by atoms with Crippen LogP contribution in [-0.4, -0.2) is 57.4 Å². The first-order valence-electron chi connectivity index (χ1n) is 10.1. The molecule has 6 nitrogen and oxygen atoms in total. The van der Waals surface area contributed by atoms with E-state index in [1.807, 2.05) is 27.7 Å². The Hall–Kier alpha value is -1.59. The highest BCUT2D eigenvalue weighted by molar-refractivity contribution is 5.91. The first-order chi connectivity index (χ1) is 12.2. The molecule has 3 atom stereocenters. The quantitative estimate of drug-likeness (QED) is 0.502. The molecule has 2 unspecified atom stereocenters. The van der Waals surface area contributed by atoms with Gasteiger partial charge in [-0.15, -0.1) is 0 Å². The molecule has 0 bridgehead atoms. The molecule has 0 rings (SSSR count). The normalized spacial score (nSPS) is 14.4. The summed E-state index contributed by atoms with van der Waals surface area (Å²) < 4.78 is 0. The molecule has 6 heteroatoms. The van der Waals surface area contributed by atoms with E-state index in [4.69, 9.17) is 0 Å². The van der Waals surface area contributed by atoms with E-state index >= 15 is 0 Å². The average molecular weight is 371 g/mol. The maximum absolute atomic E-state index is 13.3. The van der Waals surface area contributed by atoms with E-state index < -0.39 is 12.0 Å². The molecule has 0 aliphatic rings. The lowest BCUT2D eigenvalue weighted by molar-refractivity contribution is -0.153. The van der Waals surface area contributed by atoms with Crippen LogP contribution in [0.5, 0.6) is 0 Å². The number of amides is 2. The Balaban J connectivity index is 5.61. The summed E-state index contributed by atoms with van der Waals surface area (Å²) >= 11 is 0. The van der Waals surface area contributed by atoms with Gasteiger partial charge in [-0.2, -0.15) is 0 Å². The fourth-order valence-corrected chi connectivity index (χ4v) is 3.17. The summed E-state index contributed by atoms with van der Waals surface area (Å²) in [4.78, 5) is 40.6. The third-order valence-electron chi connectivity index (χ3n) is 5.07. The third-order valence-corrected chi connectivity index (χ3v) is 5.07. The Morgan fingerprint density at radius 1 is 0.923 bits per heavy atom. The molecular weight excluding hydrogens is 332 g/mol. The van der Waals surface area contributed by atoms with Gasteiger partial charge in [0.25, 0.3) is 0 Å². The smallest absolute Gasteiger partial charge is 0.305 e. The predicted octanol–water partition coefficient (Wildman–Crippen LogP) is 3.68. The van der Waals surface area contributed by atoms with Crippen LogP contribution in [0.15, 0.2) is 0 Å². The van der Waals surface area contributed by atoms with Gasteiger partial charge in [0, 0.05) is 25.0 Å². The van der Waals surface area contributed by atoms with Crippen molar-refractivity contribution < 1.29 is 19.5 Å². The van der Waals surface area contributed by atoms with Crippen molar-refractivity contribution in [3.8, 4) is 0 Å². The average Bonchev–Trinajstić information content (AvgIpc) is 2.60. The van der Waals surface area contributed by atoms with Crippen LogP contribution in [0, 0.1) is 0 Å². The SMILES string of the molecule is CCCCCC(=O)N(CC)[C@@H](CC(=O)O)C(=O)N(C(C)CC)C(C)CC. The molecule has 0 aliphatic carbocycles. The van der Waals surface area contributed by atoms with Gasteiger partial charge in [-0.3, -0.25) is 14.4 Å². The van der Waals surface area contributed by atoms with Crippen LogP contribution in [-0.2, 0) is 14.4 Å². The van der Waals surface area contributed by atoms with Crippen LogP contribution in [0.25, 0.3) is 0 Å². The molecule has 0 aromatic rings. The highest BCUT2D eigenvalue weighted by atomic mass is 16.4. The van der Waals surface area contributed by atoms with Crippen molar-refractivity contribution in [1.82, 2.24) is 9.80 Å². The van der Waals surface area contributed by atoms with Crippen molar-refractivity contribution in [2.24, 2.45) is 0 Å². The zero-order chi connectivity index (χ0) is 20.3. The van der Waals surface area contributed by atoms with E-state index in [1.54, 1.807) is 11.8 Å². The molecule has 2 amide bonds. The largest absolute Gasteiger partial charge is 0.481 e. The maximum atomic E-state index is 13.3. The van der Waals surface area contributed by atoms with Gasteiger partial charge in [0.2, 0.25) is 11.8 Å². The summed E-state index contributed by atoms with van der Waals surface area (Å²) in [5, 5.41) is 9.34. The van der Waals surface area contributed by atoms with Crippen LogP contribution in [0.2, 0.25) is 0 Å². The minimum absolute atomic E-state index is 0.00245. The summed E-state index contributed by atoms with van der Waals surface area (Å²) in [5.41, 5.74) is 0. The third kappa shape index (κ3) is 7.34. The van der Waals surface area contributed by atoms with E-state index in [0.29, 0.717) is 13.0 Å². The molecule has 1 N–H and O–H groups in total. The second-order valence-corrected chi connectivity index (χ2v) is 7.01. The van der Waals surface area contributed by atoms with Crippen molar-refractivity contribution in [3.05, 3.63) is 0 Å². The number of aliphatic carboxylic acids is 1. The van der Waals surface area contributed by atoms with Crippen LogP contribution in [0.3, 0.4) is 0 Å². The number of carbonyl (C=O) groups is 3. The highest BCUT2D eigenvalue weighted by Crippen LogP contribution is 2.19. The lowest BCUT2D eigenvalue weighted by Gasteiger charge is -2.39. The van der Waals surface area contributed by atoms with E-state index in [9.17, 15) is 19.5 Å². The van der Waals surface area contributed by atoms with Crippen LogP contribution in [0.1, 0.15) is 86.5 Å². The summed E-state index contributed by atoms with van der Waals surface area (Å²) in [6.45, 7) is 12.2. The van der Waals surface area contributed by atoms with Gasteiger partial charge in [0.1, 0.15) is 6.04 Å². The molecule has 0 aromatic heterocycles. The van der Waals surface area contributed by atoms with Crippen molar-refractivity contribution in [2.45, 2.75) is 105 Å². The van der Waals surface area contributed by atoms with Crippen LogP contribution in [0.4, 0.5) is 0 Å². The minimum Gasteiger partial charge on any atom is -0.481 e. The molecular formula is C20H38N2O4. The molecule has 26 heavy (non-hydrogen) atoms. The number of hydrogen-bond donors (Lipinski definition) is 1. The van der Waals surface area contributed by atoms with Gasteiger partial charge in [-0.1, -0.05) is 33.6 Å². The standard InChI is InChI=1S/C20H38N2O4/c1-7-11-12-13-18(23)21(10-4)17(14-19(24)25)20(26)22(15(5)8-2)16(6)9-3/h15-17H,7-14H2,1-6H3,(H,24,25)/t15?,16?,17-/m0/s1. The number of unbranched alkanes of at least 4 members (excludes halogenated alkanes) is 2. The second kappa shape index (κ2) is 12.7. The van der Waals surface area contributed by atoms with Gasteiger partial charge >= 0.3 is 5.97 Å². The first kappa shape index (κ1) is 24.4. The topological polar surface area (TPSA) is 77.9 Å². The first-order valence-corrected chi connectivity index (χ1v) is 10.1. The van der Waals surface area contributed by atoms with Gasteiger partial charge in [0.05, 0.1) is 6.42 Å². The molecule has 0 saturated carbocycles. The Kier molecular flexibility index (Phi) is 11.9. The van der Waals surface area contributed by atoms with Crippen molar-refractivity contribution in [2.75, 3.05) is 6.54 Å². The number of likely N-dealkylation sites (N-methyl/N-ethyl adjacent to an activating group) is 1. The van der Waals surface area contributed by atoms with Crippen molar-refractivity contribution >= 4 is 17.8 Å². The lowest BCUT2D eigenvalue weighted by atomic mass is 10.0. The van der Waals surface area contributed by atoms with Crippen LogP contribution >= 0.6 is 0 Å². The molecule has 0 aliphatic heterocycles. The Morgan fingerprint density at radius 3 is 1.85 bits per heavy atom. The molecule has 0 heterocycles. The molecule has 0 spiro atoms. The summed E-state index contributed by atoms with van der Waals surface area (Å²) in [5.74, 6) is -1.44. The van der Waals surface area contributed by atoms with E-state index in [-0.39, 0.29) is 30.3 Å². The number of nitrogens with zero attached hydrogens (tertiary/aromatic N) is 2. The van der Waals surface area contributed by atoms with E-state index in [0.717, 1.165) is 32.1 Å². The Bertz CT molecular complexity index is 443. The minimum atomic E-state index is -1.06. The Labute approximate surface area is 158 Å². The van der Waals surface area contributed by atoms with Gasteiger partial charge in [-0.05, 0) is 40.0 Å². The zero-order valence-electron chi connectivity index (χ0n) is 17.5. The fourth-order valence-electron chi connectivity index (χ4n) is 3.17. The zero-order valence-corrected chi connectivity index (χ0v) is 17.5. The van der Waals surface area contributed by atoms with Gasteiger partial charge < -0.3 is 14.9 Å². The number of carbonyl (C=O) groups excluding carboxylic acids is 2. The molecule has 0 aromatic carbocycles. The molecule has 0 radical (unpaired) electrons. The number of carboxylic acids is 1. The number of hydrogen-bond acceptors (Lipinski definition) is 3.